The van der Waals surface area contributed by atoms with Gasteiger partial charge in [0.2, 0.25) is 0 Å². The van der Waals surface area contributed by atoms with Gasteiger partial charge in [0.05, 0.1) is 49.8 Å². The number of fused-ring (bicyclic) bond motifs is 5. The summed E-state index contributed by atoms with van der Waals surface area (Å²) >= 11 is 0. The maximum atomic E-state index is 15.0. The van der Waals surface area contributed by atoms with Crippen molar-refractivity contribution in [2.24, 2.45) is 45.3 Å². The van der Waals surface area contributed by atoms with Crippen LogP contribution in [0.1, 0.15) is 107 Å². The SMILES string of the molecule is C[C@H](CC[C@@H](O[C@@H]1O[C@H](CO[C@H]2O[C@H](CO)[C@@H](O)[C@H](O)[C@H]2O)[C@@H](O)[C@H](O)[C@H]1O[C@@H]1O[C@H](CO)[C@@H](O)[C@H](O)[C@H]1O)C(C)(C)O)C1CC[C@@]2(C)C3C(=O)C=C4C(CC[C@H](O[C@@H]5O[C@H](CCO)[C@@H](O)[C@H](O)[C@H]5O)C4(C)C)[C@]3(C)[C@H](O)C[C@]12C. The lowest BCUT2D eigenvalue weighted by Crippen LogP contribution is -2.67. The van der Waals surface area contributed by atoms with Crippen molar-refractivity contribution in [2.75, 3.05) is 26.4 Å². The fraction of sp³-hybridized carbons (Fsp3) is 0.945. The molecular formula is C55H92O25. The smallest absolute Gasteiger partial charge is 0.187 e. The van der Waals surface area contributed by atoms with Crippen LogP contribution in [0.4, 0.5) is 0 Å². The van der Waals surface area contributed by atoms with E-state index in [1.807, 2.05) is 20.8 Å². The minimum atomic E-state index is -1.96. The Kier molecular flexibility index (Phi) is 19.6. The van der Waals surface area contributed by atoms with Crippen LogP contribution < -0.4 is 0 Å². The van der Waals surface area contributed by atoms with E-state index in [1.165, 1.54) is 13.8 Å². The molecule has 3 saturated carbocycles. The number of ketones is 1. The molecule has 7 fully saturated rings. The van der Waals surface area contributed by atoms with Crippen LogP contribution in [0, 0.1) is 45.3 Å². The zero-order chi connectivity index (χ0) is 59.1. The molecule has 25 heteroatoms. The summed E-state index contributed by atoms with van der Waals surface area (Å²) in [7, 11) is 0. The number of carbonyl (C=O) groups is 1. The molecule has 8 aliphatic rings. The molecule has 4 heterocycles. The van der Waals surface area contributed by atoms with Crippen LogP contribution in [-0.4, -0.2) is 261 Å². The predicted molar refractivity (Wildman–Crippen MR) is 273 cm³/mol. The summed E-state index contributed by atoms with van der Waals surface area (Å²) in [5.74, 6) is -1.06. The fourth-order valence-corrected chi connectivity index (χ4v) is 15.6. The summed E-state index contributed by atoms with van der Waals surface area (Å²) in [6, 6.07) is 0. The number of hydrogen-bond donors (Lipinski definition) is 16. The quantitative estimate of drug-likeness (QED) is 0.0629. The van der Waals surface area contributed by atoms with Gasteiger partial charge < -0.3 is 120 Å². The van der Waals surface area contributed by atoms with E-state index in [2.05, 4.69) is 20.8 Å². The van der Waals surface area contributed by atoms with Crippen LogP contribution in [0.3, 0.4) is 0 Å². The summed E-state index contributed by atoms with van der Waals surface area (Å²) in [4.78, 5) is 15.0. The molecule has 0 aromatic rings. The Morgan fingerprint density at radius 2 is 1.15 bits per heavy atom. The average molecular weight is 1150 g/mol. The second-order valence-corrected chi connectivity index (χ2v) is 26.2. The first kappa shape index (κ1) is 64.4. The van der Waals surface area contributed by atoms with Gasteiger partial charge in [-0.3, -0.25) is 4.79 Å². The van der Waals surface area contributed by atoms with Gasteiger partial charge in [-0.05, 0) is 99.9 Å². The number of ether oxygens (including phenoxy) is 8. The van der Waals surface area contributed by atoms with Crippen LogP contribution >= 0.6 is 0 Å². The van der Waals surface area contributed by atoms with E-state index in [0.29, 0.717) is 38.5 Å². The highest BCUT2D eigenvalue weighted by atomic mass is 16.8. The molecule has 462 valence electrons. The van der Waals surface area contributed by atoms with Crippen molar-refractivity contribution in [2.45, 2.75) is 253 Å². The summed E-state index contributed by atoms with van der Waals surface area (Å²) < 4.78 is 47.8. The van der Waals surface area contributed by atoms with E-state index in [-0.39, 0.29) is 43.0 Å². The van der Waals surface area contributed by atoms with Crippen molar-refractivity contribution < 1.29 is 124 Å². The van der Waals surface area contributed by atoms with E-state index in [1.54, 1.807) is 6.08 Å². The monoisotopic (exact) mass is 1150 g/mol. The Bertz CT molecular complexity index is 2120. The van der Waals surface area contributed by atoms with Gasteiger partial charge in [0.25, 0.3) is 0 Å². The molecule has 4 aliphatic carbocycles. The number of aliphatic hydroxyl groups is 16. The molecule has 8 rings (SSSR count). The molecule has 0 amide bonds. The van der Waals surface area contributed by atoms with Gasteiger partial charge in [0.15, 0.2) is 30.9 Å². The highest BCUT2D eigenvalue weighted by Gasteiger charge is 2.72. The Morgan fingerprint density at radius 3 is 1.73 bits per heavy atom. The standard InChI is InChI=1S/C55H92O25/c1-22(23-13-15-53(6)46-26(59)17-25-24(55(46,8)31(60)18-54(23,53)7)10-12-32(51(25,2)3)78-48-43(70)38(65)34(61)27(74-48)14-16-56)9-11-33(52(4,5)72)79-50-45(80-49-44(71)40(67)36(63)29(20-58)76-49)41(68)37(64)30(77-50)21-73-47-42(69)39(66)35(62)28(19-57)75-47/h17,22-24,27-50,56-58,60-72H,9-16,18-21H2,1-8H3/t22-,23?,24?,27-,28-,29-,30-,31-,32+,33-,34-,35-,36-,37-,38+,39+,40+,41+,42-,43-,44-,45-,46?,47+,48+,49+,50+,53+,54-,55-/m1/s1. The maximum Gasteiger partial charge on any atom is 0.187 e. The summed E-state index contributed by atoms with van der Waals surface area (Å²) in [5.41, 5.74) is -3.68. The first-order valence-corrected chi connectivity index (χ1v) is 28.5. The van der Waals surface area contributed by atoms with Gasteiger partial charge in [-0.1, -0.05) is 47.1 Å². The molecule has 16 N–H and O–H groups in total. The van der Waals surface area contributed by atoms with Gasteiger partial charge in [-0.2, -0.15) is 0 Å². The number of aliphatic hydroxyl groups excluding tert-OH is 15. The molecule has 25 nitrogen and oxygen atoms in total. The topological polar surface area (TPSA) is 415 Å². The summed E-state index contributed by atoms with van der Waals surface area (Å²) in [5, 5.41) is 172. The van der Waals surface area contributed by atoms with Gasteiger partial charge in [-0.25, -0.2) is 0 Å². The van der Waals surface area contributed by atoms with Crippen molar-refractivity contribution in [1.82, 2.24) is 0 Å². The normalized spacial score (nSPS) is 50.5. The molecule has 0 aromatic heterocycles. The largest absolute Gasteiger partial charge is 0.396 e. The third kappa shape index (κ3) is 11.3. The highest BCUT2D eigenvalue weighted by molar-refractivity contribution is 5.95. The van der Waals surface area contributed by atoms with Crippen LogP contribution in [0.2, 0.25) is 0 Å². The number of rotatable bonds is 18. The number of allylic oxidation sites excluding steroid dienone is 1. The van der Waals surface area contributed by atoms with Gasteiger partial charge in [-0.15, -0.1) is 0 Å². The first-order chi connectivity index (χ1) is 37.3. The lowest BCUT2D eigenvalue weighted by atomic mass is 9.38. The molecule has 30 atom stereocenters. The van der Waals surface area contributed by atoms with Crippen molar-refractivity contribution >= 4 is 5.78 Å². The molecule has 3 unspecified atom stereocenters. The van der Waals surface area contributed by atoms with Gasteiger partial charge in [0.1, 0.15) is 91.6 Å². The Hall–Kier alpha value is -1.55. The fourth-order valence-electron chi connectivity index (χ4n) is 15.6. The maximum absolute atomic E-state index is 15.0. The predicted octanol–water partition coefficient (Wildman–Crippen LogP) is -3.66. The van der Waals surface area contributed by atoms with E-state index in [9.17, 15) is 81.7 Å². The van der Waals surface area contributed by atoms with Crippen LogP contribution in [0.15, 0.2) is 11.6 Å². The van der Waals surface area contributed by atoms with E-state index >= 15 is 4.79 Å². The van der Waals surface area contributed by atoms with Crippen molar-refractivity contribution in [3.8, 4) is 0 Å². The lowest BCUT2D eigenvalue weighted by Gasteiger charge is -2.66. The molecular weight excluding hydrogens is 1060 g/mol. The van der Waals surface area contributed by atoms with Gasteiger partial charge in [0, 0.05) is 23.4 Å². The average Bonchev–Trinajstić information content (AvgIpc) is 2.71. The summed E-state index contributed by atoms with van der Waals surface area (Å²) in [6.45, 7) is 12.7. The highest BCUT2D eigenvalue weighted by Crippen LogP contribution is 2.74. The molecule has 0 bridgehead atoms. The molecule has 0 spiro atoms. The Balaban J connectivity index is 0.999. The first-order valence-electron chi connectivity index (χ1n) is 28.5. The molecule has 80 heavy (non-hydrogen) atoms. The third-order valence-electron chi connectivity index (χ3n) is 20.8. The van der Waals surface area contributed by atoms with Crippen molar-refractivity contribution in [3.63, 3.8) is 0 Å². The zero-order valence-electron chi connectivity index (χ0n) is 47.0. The number of hydrogen-bond acceptors (Lipinski definition) is 25. The second-order valence-electron chi connectivity index (χ2n) is 26.2. The summed E-state index contributed by atoms with van der Waals surface area (Å²) in [6.07, 6.45) is -30.6. The second kappa shape index (κ2) is 24.3. The van der Waals surface area contributed by atoms with E-state index in [4.69, 9.17) is 37.9 Å². The van der Waals surface area contributed by atoms with Gasteiger partial charge >= 0.3 is 0 Å². The molecule has 4 saturated heterocycles. The van der Waals surface area contributed by atoms with Crippen LogP contribution in [0.25, 0.3) is 0 Å². The molecule has 0 aromatic carbocycles. The Morgan fingerprint density at radius 1 is 0.625 bits per heavy atom. The van der Waals surface area contributed by atoms with E-state index < -0.39 is 194 Å². The molecule has 4 aliphatic heterocycles. The number of carbonyl (C=O) groups excluding carboxylic acids is 1. The van der Waals surface area contributed by atoms with E-state index in [0.717, 1.165) is 5.57 Å². The van der Waals surface area contributed by atoms with Crippen LogP contribution in [0.5, 0.6) is 0 Å². The lowest BCUT2D eigenvalue weighted by molar-refractivity contribution is -0.380. The van der Waals surface area contributed by atoms with Crippen molar-refractivity contribution in [1.29, 1.82) is 0 Å². The third-order valence-corrected chi connectivity index (χ3v) is 20.8. The minimum absolute atomic E-state index is 0.00927. The zero-order valence-corrected chi connectivity index (χ0v) is 47.0. The minimum Gasteiger partial charge on any atom is -0.396 e. The Labute approximate surface area is 465 Å². The van der Waals surface area contributed by atoms with Crippen LogP contribution in [-0.2, 0) is 42.7 Å². The molecule has 0 radical (unpaired) electrons. The van der Waals surface area contributed by atoms with Crippen molar-refractivity contribution in [3.05, 3.63) is 11.6 Å².